The van der Waals surface area contributed by atoms with Crippen LogP contribution in [-0.2, 0) is 6.18 Å². The molecule has 0 aliphatic heterocycles. The van der Waals surface area contributed by atoms with E-state index in [-0.39, 0.29) is 16.6 Å². The summed E-state index contributed by atoms with van der Waals surface area (Å²) in [5.74, 6) is 1.10. The molecule has 2 rings (SSSR count). The van der Waals surface area contributed by atoms with E-state index in [2.05, 4.69) is 19.2 Å². The van der Waals surface area contributed by atoms with E-state index in [0.717, 1.165) is 18.9 Å². The van der Waals surface area contributed by atoms with Gasteiger partial charge in [-0.3, -0.25) is 0 Å². The lowest BCUT2D eigenvalue weighted by Gasteiger charge is -2.22. The highest BCUT2D eigenvalue weighted by molar-refractivity contribution is 7.80. The quantitative estimate of drug-likeness (QED) is 0.821. The van der Waals surface area contributed by atoms with Gasteiger partial charge in [0.05, 0.1) is 5.56 Å². The molecule has 1 aromatic carbocycles. The van der Waals surface area contributed by atoms with E-state index in [0.29, 0.717) is 17.5 Å². The summed E-state index contributed by atoms with van der Waals surface area (Å²) in [4.78, 5) is -0.237. The molecule has 0 bridgehead atoms. The average Bonchev–Trinajstić information content (AvgIpc) is 2.69. The van der Waals surface area contributed by atoms with Gasteiger partial charge in [-0.05, 0) is 42.9 Å². The Morgan fingerprint density at radius 1 is 1.29 bits per heavy atom. The Morgan fingerprint density at radius 2 is 1.95 bits per heavy atom. The van der Waals surface area contributed by atoms with Crippen LogP contribution in [0.25, 0.3) is 0 Å². The number of nitrogens with two attached hydrogens (primary N) is 1. The molecule has 0 saturated heterocycles. The van der Waals surface area contributed by atoms with Crippen molar-refractivity contribution in [2.45, 2.75) is 38.9 Å². The number of thiocarbonyl (C=S) groups is 1. The molecule has 1 saturated carbocycles. The summed E-state index contributed by atoms with van der Waals surface area (Å²) in [6.45, 7) is 4.35. The van der Waals surface area contributed by atoms with Gasteiger partial charge < -0.3 is 11.1 Å². The van der Waals surface area contributed by atoms with Crippen molar-refractivity contribution < 1.29 is 13.2 Å². The minimum absolute atomic E-state index is 0.124. The van der Waals surface area contributed by atoms with E-state index in [1.54, 1.807) is 0 Å². The maximum atomic E-state index is 12.9. The van der Waals surface area contributed by atoms with Crippen LogP contribution in [0.4, 0.5) is 18.9 Å². The van der Waals surface area contributed by atoms with Gasteiger partial charge in [0.15, 0.2) is 0 Å². The number of hydrogen-bond donors (Lipinski definition) is 2. The predicted octanol–water partition coefficient (Wildman–Crippen LogP) is 4.19. The lowest BCUT2D eigenvalue weighted by molar-refractivity contribution is -0.137. The fourth-order valence-electron chi connectivity index (χ4n) is 2.87. The van der Waals surface area contributed by atoms with Gasteiger partial charge in [-0.1, -0.05) is 26.1 Å². The molecule has 3 unspecified atom stereocenters. The van der Waals surface area contributed by atoms with Gasteiger partial charge in [0, 0.05) is 17.3 Å². The second kappa shape index (κ2) is 5.83. The molecule has 6 heteroatoms. The third-order valence-electron chi connectivity index (χ3n) is 4.41. The molecule has 0 radical (unpaired) electrons. The minimum Gasteiger partial charge on any atom is -0.389 e. The van der Waals surface area contributed by atoms with E-state index in [1.807, 2.05) is 0 Å². The van der Waals surface area contributed by atoms with E-state index in [4.69, 9.17) is 18.0 Å². The summed E-state index contributed by atoms with van der Waals surface area (Å²) in [5.41, 5.74) is 5.17. The Kier molecular flexibility index (Phi) is 4.46. The van der Waals surface area contributed by atoms with Gasteiger partial charge in [0.2, 0.25) is 0 Å². The Bertz CT molecular complexity index is 542. The van der Waals surface area contributed by atoms with Gasteiger partial charge in [-0.25, -0.2) is 0 Å². The molecule has 0 heterocycles. The first-order chi connectivity index (χ1) is 9.70. The lowest BCUT2D eigenvalue weighted by atomic mass is 9.97. The van der Waals surface area contributed by atoms with Crippen LogP contribution in [0.1, 0.15) is 37.8 Å². The van der Waals surface area contributed by atoms with E-state index >= 15 is 0 Å². The van der Waals surface area contributed by atoms with Gasteiger partial charge in [0.25, 0.3) is 0 Å². The number of benzene rings is 1. The van der Waals surface area contributed by atoms with Crippen molar-refractivity contribution in [1.29, 1.82) is 0 Å². The SMILES string of the molecule is CC1CCC(Nc2ccc(C(F)(F)F)c(C(N)=S)c2)C1C. The van der Waals surface area contributed by atoms with Crippen LogP contribution < -0.4 is 11.1 Å². The van der Waals surface area contributed by atoms with Crippen LogP contribution in [0.5, 0.6) is 0 Å². The van der Waals surface area contributed by atoms with E-state index < -0.39 is 11.7 Å². The van der Waals surface area contributed by atoms with E-state index in [9.17, 15) is 13.2 Å². The van der Waals surface area contributed by atoms with Gasteiger partial charge in [-0.2, -0.15) is 13.2 Å². The van der Waals surface area contributed by atoms with Crippen molar-refractivity contribution in [3.05, 3.63) is 29.3 Å². The normalized spacial score (nSPS) is 25.9. The van der Waals surface area contributed by atoms with Crippen LogP contribution in [0, 0.1) is 11.8 Å². The molecular weight excluding hydrogens is 297 g/mol. The molecule has 0 aromatic heterocycles. The Labute approximate surface area is 127 Å². The summed E-state index contributed by atoms with van der Waals surface area (Å²) < 4.78 is 38.8. The van der Waals surface area contributed by atoms with Crippen LogP contribution in [0.2, 0.25) is 0 Å². The first-order valence-electron chi connectivity index (χ1n) is 6.97. The average molecular weight is 316 g/mol. The molecule has 0 amide bonds. The number of hydrogen-bond acceptors (Lipinski definition) is 2. The molecule has 0 spiro atoms. The molecule has 1 aliphatic carbocycles. The zero-order chi connectivity index (χ0) is 15.8. The molecule has 116 valence electrons. The number of nitrogens with one attached hydrogen (secondary N) is 1. The van der Waals surface area contributed by atoms with Crippen molar-refractivity contribution in [3.8, 4) is 0 Å². The molecular formula is C15H19F3N2S. The Morgan fingerprint density at radius 3 is 2.43 bits per heavy atom. The third kappa shape index (κ3) is 3.48. The van der Waals surface area contributed by atoms with Crippen molar-refractivity contribution in [2.75, 3.05) is 5.32 Å². The monoisotopic (exact) mass is 316 g/mol. The number of halogens is 3. The van der Waals surface area contributed by atoms with Crippen molar-refractivity contribution in [1.82, 2.24) is 0 Å². The van der Waals surface area contributed by atoms with Crippen molar-refractivity contribution in [2.24, 2.45) is 17.6 Å². The summed E-state index contributed by atoms with van der Waals surface area (Å²) in [5, 5.41) is 3.31. The van der Waals surface area contributed by atoms with Crippen molar-refractivity contribution in [3.63, 3.8) is 0 Å². The molecule has 2 nitrogen and oxygen atoms in total. The maximum Gasteiger partial charge on any atom is 0.417 e. The largest absolute Gasteiger partial charge is 0.417 e. The zero-order valence-electron chi connectivity index (χ0n) is 12.0. The third-order valence-corrected chi connectivity index (χ3v) is 4.63. The summed E-state index contributed by atoms with van der Waals surface area (Å²) in [6, 6.07) is 4.16. The first-order valence-corrected chi connectivity index (χ1v) is 7.38. The molecule has 3 atom stereocenters. The fourth-order valence-corrected chi connectivity index (χ4v) is 3.04. The van der Waals surface area contributed by atoms with Gasteiger partial charge >= 0.3 is 6.18 Å². The van der Waals surface area contributed by atoms with Crippen LogP contribution in [-0.4, -0.2) is 11.0 Å². The lowest BCUT2D eigenvalue weighted by Crippen LogP contribution is -2.25. The molecule has 1 aliphatic rings. The molecule has 21 heavy (non-hydrogen) atoms. The zero-order valence-corrected chi connectivity index (χ0v) is 12.8. The number of anilines is 1. The highest BCUT2D eigenvalue weighted by atomic mass is 32.1. The van der Waals surface area contributed by atoms with E-state index in [1.165, 1.54) is 12.1 Å². The highest BCUT2D eigenvalue weighted by Crippen LogP contribution is 2.36. The molecule has 3 N–H and O–H groups in total. The second-order valence-corrected chi connectivity index (χ2v) is 6.23. The smallest absolute Gasteiger partial charge is 0.389 e. The van der Waals surface area contributed by atoms with Crippen molar-refractivity contribution >= 4 is 22.9 Å². The second-order valence-electron chi connectivity index (χ2n) is 5.79. The van der Waals surface area contributed by atoms with Gasteiger partial charge in [0.1, 0.15) is 4.99 Å². The summed E-state index contributed by atoms with van der Waals surface area (Å²) in [7, 11) is 0. The molecule has 1 aromatic rings. The predicted molar refractivity (Wildman–Crippen MR) is 82.3 cm³/mol. The summed E-state index contributed by atoms with van der Waals surface area (Å²) in [6.07, 6.45) is -2.31. The highest BCUT2D eigenvalue weighted by Gasteiger charge is 2.34. The fraction of sp³-hybridized carbons (Fsp3) is 0.533. The Balaban J connectivity index is 2.27. The van der Waals surface area contributed by atoms with Crippen LogP contribution >= 0.6 is 12.2 Å². The summed E-state index contributed by atoms with van der Waals surface area (Å²) >= 11 is 4.75. The maximum absolute atomic E-state index is 12.9. The standard InChI is InChI=1S/C15H19F3N2S/c1-8-3-6-13(9(8)2)20-10-4-5-12(15(16,17)18)11(7-10)14(19)21/h4-5,7-9,13,20H,3,6H2,1-2H3,(H2,19,21). The number of alkyl halides is 3. The topological polar surface area (TPSA) is 38.0 Å². The molecule has 1 fully saturated rings. The number of rotatable bonds is 3. The Hall–Kier alpha value is -1.30. The van der Waals surface area contributed by atoms with Crippen LogP contribution in [0.15, 0.2) is 18.2 Å². The van der Waals surface area contributed by atoms with Gasteiger partial charge in [-0.15, -0.1) is 0 Å². The first kappa shape index (κ1) is 16.1. The minimum atomic E-state index is -4.45. The van der Waals surface area contributed by atoms with Crippen LogP contribution in [0.3, 0.4) is 0 Å².